The summed E-state index contributed by atoms with van der Waals surface area (Å²) in [6, 6.07) is 7.71. The molecule has 0 radical (unpaired) electrons. The van der Waals surface area contributed by atoms with Gasteiger partial charge in [-0.15, -0.1) is 5.10 Å². The zero-order chi connectivity index (χ0) is 19.1. The average molecular weight is 363 g/mol. The van der Waals surface area contributed by atoms with Crippen molar-refractivity contribution < 1.29 is 4.79 Å². The van der Waals surface area contributed by atoms with Gasteiger partial charge in [0, 0.05) is 11.4 Å². The zero-order valence-electron chi connectivity index (χ0n) is 15.7. The number of amides is 1. The van der Waals surface area contributed by atoms with Gasteiger partial charge in [0.1, 0.15) is 5.82 Å². The lowest BCUT2D eigenvalue weighted by molar-refractivity contribution is -0.121. The molecule has 4 aromatic rings. The smallest absolute Gasteiger partial charge is 0.252 e. The highest BCUT2D eigenvalue weighted by Crippen LogP contribution is 2.17. The number of hydrogen-bond donors (Lipinski definition) is 2. The molecule has 0 bridgehead atoms. The molecule has 1 amide bonds. The number of imidazole rings is 1. The number of fused-ring (bicyclic) bond motifs is 2. The van der Waals surface area contributed by atoms with Crippen LogP contribution in [-0.2, 0) is 11.2 Å². The lowest BCUT2D eigenvalue weighted by Gasteiger charge is -2.10. The van der Waals surface area contributed by atoms with Crippen LogP contribution in [0.15, 0.2) is 24.3 Å². The highest BCUT2D eigenvalue weighted by molar-refractivity contribution is 5.79. The second-order valence-corrected chi connectivity index (χ2v) is 6.89. The molecule has 0 spiro atoms. The van der Waals surface area contributed by atoms with Gasteiger partial charge >= 0.3 is 0 Å². The van der Waals surface area contributed by atoms with Gasteiger partial charge in [-0.3, -0.25) is 4.79 Å². The maximum atomic E-state index is 12.4. The summed E-state index contributed by atoms with van der Waals surface area (Å²) in [6.45, 7) is 7.77. The third kappa shape index (κ3) is 3.38. The molecule has 1 atom stereocenters. The lowest BCUT2D eigenvalue weighted by atomic mass is 10.2. The first-order chi connectivity index (χ1) is 12.9. The van der Waals surface area contributed by atoms with Crippen molar-refractivity contribution in [3.63, 3.8) is 0 Å². The van der Waals surface area contributed by atoms with E-state index in [1.54, 1.807) is 4.52 Å². The number of rotatable bonds is 4. The number of aromatic nitrogens is 6. The van der Waals surface area contributed by atoms with Crippen LogP contribution in [0, 0.1) is 20.8 Å². The fraction of sp³-hybridized carbons (Fsp3) is 0.316. The van der Waals surface area contributed by atoms with E-state index in [0.717, 1.165) is 33.8 Å². The Morgan fingerprint density at radius 3 is 2.81 bits per heavy atom. The van der Waals surface area contributed by atoms with Gasteiger partial charge in [0.2, 0.25) is 5.91 Å². The van der Waals surface area contributed by atoms with Gasteiger partial charge in [-0.25, -0.2) is 14.5 Å². The summed E-state index contributed by atoms with van der Waals surface area (Å²) in [6.07, 6.45) is 0.0888. The Balaban J connectivity index is 1.49. The zero-order valence-corrected chi connectivity index (χ0v) is 15.7. The van der Waals surface area contributed by atoms with E-state index in [9.17, 15) is 4.79 Å². The molecular formula is C19H21N7O. The first-order valence-corrected chi connectivity index (χ1v) is 8.84. The van der Waals surface area contributed by atoms with Crippen LogP contribution in [0.1, 0.15) is 41.6 Å². The first kappa shape index (κ1) is 17.1. The number of benzene rings is 1. The summed E-state index contributed by atoms with van der Waals surface area (Å²) in [5, 5.41) is 7.32. The Morgan fingerprint density at radius 2 is 2.00 bits per heavy atom. The number of hydrogen-bond acceptors (Lipinski definition) is 5. The van der Waals surface area contributed by atoms with E-state index in [1.807, 2.05) is 52.0 Å². The molecule has 2 N–H and O–H groups in total. The minimum atomic E-state index is -0.246. The van der Waals surface area contributed by atoms with Gasteiger partial charge in [-0.2, -0.15) is 4.98 Å². The van der Waals surface area contributed by atoms with Gasteiger partial charge in [-0.1, -0.05) is 6.07 Å². The monoisotopic (exact) mass is 363 g/mol. The molecule has 4 rings (SSSR count). The molecule has 0 aliphatic rings. The predicted octanol–water partition coefficient (Wildman–Crippen LogP) is 2.35. The van der Waals surface area contributed by atoms with Gasteiger partial charge in [-0.05, 0) is 51.5 Å². The second-order valence-electron chi connectivity index (χ2n) is 6.89. The molecule has 0 unspecified atom stereocenters. The third-order valence-electron chi connectivity index (χ3n) is 4.42. The molecule has 0 aliphatic carbocycles. The van der Waals surface area contributed by atoms with E-state index in [4.69, 9.17) is 0 Å². The molecule has 1 aromatic carbocycles. The molecule has 0 aliphatic heterocycles. The second kappa shape index (κ2) is 6.46. The van der Waals surface area contributed by atoms with Crippen LogP contribution in [0.2, 0.25) is 0 Å². The summed E-state index contributed by atoms with van der Waals surface area (Å²) in [5.41, 5.74) is 4.81. The van der Waals surface area contributed by atoms with Crippen molar-refractivity contribution in [3.8, 4) is 0 Å². The average Bonchev–Trinajstić information content (AvgIpc) is 3.17. The van der Waals surface area contributed by atoms with Crippen LogP contribution in [-0.4, -0.2) is 35.5 Å². The summed E-state index contributed by atoms with van der Waals surface area (Å²) >= 11 is 0. The SMILES string of the molecule is Cc1ccc2nc([C@@H](C)NC(=O)Cc3nc4nc(C)cc(C)n4n3)[nH]c2c1. The summed E-state index contributed by atoms with van der Waals surface area (Å²) < 4.78 is 1.65. The quantitative estimate of drug-likeness (QED) is 0.580. The predicted molar refractivity (Wildman–Crippen MR) is 101 cm³/mol. The van der Waals surface area contributed by atoms with E-state index < -0.39 is 0 Å². The fourth-order valence-corrected chi connectivity index (χ4v) is 3.14. The van der Waals surface area contributed by atoms with E-state index >= 15 is 0 Å². The van der Waals surface area contributed by atoms with Gasteiger partial charge in [0.25, 0.3) is 5.78 Å². The molecule has 8 nitrogen and oxygen atoms in total. The van der Waals surface area contributed by atoms with E-state index in [-0.39, 0.29) is 18.4 Å². The Labute approximate surface area is 156 Å². The van der Waals surface area contributed by atoms with Crippen LogP contribution in [0.5, 0.6) is 0 Å². The van der Waals surface area contributed by atoms with Gasteiger partial charge < -0.3 is 10.3 Å². The van der Waals surface area contributed by atoms with Crippen molar-refractivity contribution in [1.29, 1.82) is 0 Å². The van der Waals surface area contributed by atoms with Crippen molar-refractivity contribution in [2.75, 3.05) is 0 Å². The van der Waals surface area contributed by atoms with Crippen molar-refractivity contribution in [2.24, 2.45) is 0 Å². The Hall–Kier alpha value is -3.29. The van der Waals surface area contributed by atoms with Crippen molar-refractivity contribution >= 4 is 22.7 Å². The van der Waals surface area contributed by atoms with Crippen LogP contribution in [0.4, 0.5) is 0 Å². The van der Waals surface area contributed by atoms with E-state index in [2.05, 4.69) is 30.4 Å². The molecule has 0 fully saturated rings. The standard InChI is InChI=1S/C19H21N7O/c1-10-5-6-14-15(7-10)23-18(22-14)13(4)21-17(27)9-16-24-19-20-11(2)8-12(3)26(19)25-16/h5-8,13H,9H2,1-4H3,(H,21,27)(H,22,23)/t13-/m1/s1. The molecule has 138 valence electrons. The molecule has 0 saturated heterocycles. The fourth-order valence-electron chi connectivity index (χ4n) is 3.14. The van der Waals surface area contributed by atoms with Crippen molar-refractivity contribution in [1.82, 2.24) is 34.9 Å². The van der Waals surface area contributed by atoms with Crippen LogP contribution >= 0.6 is 0 Å². The van der Waals surface area contributed by atoms with Crippen LogP contribution in [0.25, 0.3) is 16.8 Å². The molecule has 3 heterocycles. The Kier molecular flexibility index (Phi) is 4.10. The number of carbonyl (C=O) groups is 1. The van der Waals surface area contributed by atoms with Crippen LogP contribution in [0.3, 0.4) is 0 Å². The Bertz CT molecular complexity index is 1160. The first-order valence-electron chi connectivity index (χ1n) is 8.84. The number of aromatic amines is 1. The number of nitrogens with zero attached hydrogens (tertiary/aromatic N) is 5. The lowest BCUT2D eigenvalue weighted by Crippen LogP contribution is -2.29. The molecule has 8 heteroatoms. The van der Waals surface area contributed by atoms with Gasteiger partial charge in [0.05, 0.1) is 23.5 Å². The van der Waals surface area contributed by atoms with Crippen molar-refractivity contribution in [2.45, 2.75) is 40.2 Å². The normalized spacial score (nSPS) is 12.6. The molecule has 27 heavy (non-hydrogen) atoms. The molecule has 3 aromatic heterocycles. The maximum absolute atomic E-state index is 12.4. The Morgan fingerprint density at radius 1 is 1.19 bits per heavy atom. The summed E-state index contributed by atoms with van der Waals surface area (Å²) in [4.78, 5) is 29.0. The summed E-state index contributed by atoms with van der Waals surface area (Å²) in [7, 11) is 0. The minimum Gasteiger partial charge on any atom is -0.346 e. The summed E-state index contributed by atoms with van der Waals surface area (Å²) in [5.74, 6) is 1.52. The highest BCUT2D eigenvalue weighted by Gasteiger charge is 2.16. The minimum absolute atomic E-state index is 0.0888. The van der Waals surface area contributed by atoms with Crippen molar-refractivity contribution in [3.05, 3.63) is 52.9 Å². The topological polar surface area (TPSA) is 101 Å². The van der Waals surface area contributed by atoms with E-state index in [1.165, 1.54) is 0 Å². The number of carbonyl (C=O) groups excluding carboxylic acids is 1. The largest absolute Gasteiger partial charge is 0.346 e. The van der Waals surface area contributed by atoms with E-state index in [0.29, 0.717) is 11.6 Å². The van der Waals surface area contributed by atoms with Crippen LogP contribution < -0.4 is 5.32 Å². The highest BCUT2D eigenvalue weighted by atomic mass is 16.1. The number of nitrogens with one attached hydrogen (secondary N) is 2. The third-order valence-corrected chi connectivity index (χ3v) is 4.42. The molecule has 0 saturated carbocycles. The maximum Gasteiger partial charge on any atom is 0.252 e. The number of aryl methyl sites for hydroxylation is 3. The molecular weight excluding hydrogens is 342 g/mol. The van der Waals surface area contributed by atoms with Gasteiger partial charge in [0.15, 0.2) is 5.82 Å². The number of H-pyrrole nitrogens is 1.